The molecule has 0 aromatic carbocycles. The Morgan fingerprint density at radius 2 is 1.79 bits per heavy atom. The number of nitrogens with one attached hydrogen (secondary N) is 2. The van der Waals surface area contributed by atoms with Crippen LogP contribution < -0.4 is 10.7 Å². The minimum atomic E-state index is -0.148. The van der Waals surface area contributed by atoms with Crippen LogP contribution in [0.4, 0.5) is 0 Å². The highest BCUT2D eigenvalue weighted by Gasteiger charge is 2.15. The first kappa shape index (κ1) is 13.1. The molecule has 0 bridgehead atoms. The number of carbonyl (C=O) groups is 2. The lowest BCUT2D eigenvalue weighted by Crippen LogP contribution is -2.30. The summed E-state index contributed by atoms with van der Waals surface area (Å²) in [5, 5.41) is 4.10. The monoisotopic (exact) mass is 201 g/mol. The zero-order chi connectivity index (χ0) is 11.0. The zero-order valence-corrected chi connectivity index (χ0v) is 9.09. The molecule has 82 valence electrons. The van der Waals surface area contributed by atoms with Gasteiger partial charge in [0.15, 0.2) is 0 Å². The average molecular weight is 201 g/mol. The standard InChI is InChI=1S/C5H14N2.C4H5NO2/c1-4-5-6-7(2)3;6-3-1-2-4(7)5-3/h6H,4-5H2,1-3H3;1-2H2,(H,5,6,7). The minimum Gasteiger partial charge on any atom is -0.296 e. The summed E-state index contributed by atoms with van der Waals surface area (Å²) in [6.07, 6.45) is 1.94. The molecule has 0 unspecified atom stereocenters. The Morgan fingerprint density at radius 3 is 1.93 bits per heavy atom. The summed E-state index contributed by atoms with van der Waals surface area (Å²) in [7, 11) is 3.99. The van der Waals surface area contributed by atoms with E-state index in [0.717, 1.165) is 6.54 Å². The molecular weight excluding hydrogens is 182 g/mol. The van der Waals surface area contributed by atoms with E-state index in [1.807, 2.05) is 19.1 Å². The average Bonchev–Trinajstić information content (AvgIpc) is 2.47. The highest BCUT2D eigenvalue weighted by atomic mass is 16.2. The molecule has 1 aliphatic heterocycles. The third kappa shape index (κ3) is 7.70. The summed E-state index contributed by atoms with van der Waals surface area (Å²) in [5.41, 5.74) is 3.13. The fraction of sp³-hybridized carbons (Fsp3) is 0.778. The van der Waals surface area contributed by atoms with E-state index in [-0.39, 0.29) is 11.8 Å². The van der Waals surface area contributed by atoms with Crippen LogP contribution in [-0.2, 0) is 9.59 Å². The molecule has 0 atom stereocenters. The predicted molar refractivity (Wildman–Crippen MR) is 54.4 cm³/mol. The Labute approximate surface area is 84.8 Å². The van der Waals surface area contributed by atoms with Crippen molar-refractivity contribution in [3.05, 3.63) is 0 Å². The number of hydrazine groups is 1. The summed E-state index contributed by atoms with van der Waals surface area (Å²) in [4.78, 5) is 20.2. The fourth-order valence-corrected chi connectivity index (χ4v) is 0.843. The van der Waals surface area contributed by atoms with Gasteiger partial charge in [0.25, 0.3) is 0 Å². The number of rotatable bonds is 3. The van der Waals surface area contributed by atoms with Gasteiger partial charge in [-0.05, 0) is 6.42 Å². The van der Waals surface area contributed by atoms with Crippen LogP contribution in [0.5, 0.6) is 0 Å². The molecule has 0 aliphatic carbocycles. The van der Waals surface area contributed by atoms with Gasteiger partial charge in [-0.2, -0.15) is 0 Å². The van der Waals surface area contributed by atoms with Gasteiger partial charge in [-0.25, -0.2) is 0 Å². The van der Waals surface area contributed by atoms with Crippen molar-refractivity contribution >= 4 is 11.8 Å². The van der Waals surface area contributed by atoms with Gasteiger partial charge in [0.2, 0.25) is 11.8 Å². The molecule has 1 rings (SSSR count). The summed E-state index contributed by atoms with van der Waals surface area (Å²) >= 11 is 0. The van der Waals surface area contributed by atoms with Gasteiger partial charge in [-0.1, -0.05) is 6.92 Å². The second-order valence-electron chi connectivity index (χ2n) is 3.27. The predicted octanol–water partition coefficient (Wildman–Crippen LogP) is -0.114. The number of amides is 2. The first-order chi connectivity index (χ1) is 6.56. The molecule has 0 spiro atoms. The molecule has 1 heterocycles. The van der Waals surface area contributed by atoms with Crippen molar-refractivity contribution in [2.75, 3.05) is 20.6 Å². The molecule has 0 aromatic rings. The highest BCUT2D eigenvalue weighted by molar-refractivity contribution is 6.01. The van der Waals surface area contributed by atoms with E-state index in [1.54, 1.807) is 0 Å². The van der Waals surface area contributed by atoms with E-state index in [4.69, 9.17) is 0 Å². The molecule has 5 heteroatoms. The Balaban J connectivity index is 0.000000241. The Kier molecular flexibility index (Phi) is 6.96. The zero-order valence-electron chi connectivity index (χ0n) is 9.09. The van der Waals surface area contributed by atoms with Crippen LogP contribution in [0.3, 0.4) is 0 Å². The van der Waals surface area contributed by atoms with Crippen LogP contribution in [-0.4, -0.2) is 37.5 Å². The lowest BCUT2D eigenvalue weighted by atomic mass is 10.4. The lowest BCUT2D eigenvalue weighted by Gasteiger charge is -2.08. The van der Waals surface area contributed by atoms with Crippen molar-refractivity contribution in [2.45, 2.75) is 26.2 Å². The maximum absolute atomic E-state index is 10.1. The number of imide groups is 1. The van der Waals surface area contributed by atoms with Crippen LogP contribution in [0.1, 0.15) is 26.2 Å². The third-order valence-electron chi connectivity index (χ3n) is 1.54. The summed E-state index contributed by atoms with van der Waals surface area (Å²) in [6, 6.07) is 0. The van der Waals surface area contributed by atoms with E-state index in [0.29, 0.717) is 12.8 Å². The van der Waals surface area contributed by atoms with Crippen LogP contribution in [0.2, 0.25) is 0 Å². The first-order valence-electron chi connectivity index (χ1n) is 4.79. The SMILES string of the molecule is CCCNN(C)C.O=C1CCC(=O)N1. The summed E-state index contributed by atoms with van der Waals surface area (Å²) in [5.74, 6) is -0.296. The summed E-state index contributed by atoms with van der Waals surface area (Å²) < 4.78 is 0. The van der Waals surface area contributed by atoms with Crippen molar-refractivity contribution in [2.24, 2.45) is 0 Å². The van der Waals surface area contributed by atoms with Crippen molar-refractivity contribution < 1.29 is 9.59 Å². The van der Waals surface area contributed by atoms with E-state index in [1.165, 1.54) is 6.42 Å². The largest absolute Gasteiger partial charge is 0.296 e. The van der Waals surface area contributed by atoms with Crippen LogP contribution >= 0.6 is 0 Å². The van der Waals surface area contributed by atoms with Gasteiger partial charge in [-0.3, -0.25) is 25.3 Å². The van der Waals surface area contributed by atoms with E-state index in [9.17, 15) is 9.59 Å². The fourth-order valence-electron chi connectivity index (χ4n) is 0.843. The molecule has 1 fully saturated rings. The van der Waals surface area contributed by atoms with Gasteiger partial charge in [0.05, 0.1) is 0 Å². The topological polar surface area (TPSA) is 61.4 Å². The molecule has 1 saturated heterocycles. The number of hydrogen-bond acceptors (Lipinski definition) is 4. The van der Waals surface area contributed by atoms with Crippen LogP contribution in [0.25, 0.3) is 0 Å². The normalized spacial score (nSPS) is 15.1. The van der Waals surface area contributed by atoms with Gasteiger partial charge in [0.1, 0.15) is 0 Å². The van der Waals surface area contributed by atoms with Gasteiger partial charge < -0.3 is 0 Å². The molecular formula is C9H19N3O2. The number of hydrogen-bond donors (Lipinski definition) is 2. The summed E-state index contributed by atoms with van der Waals surface area (Å²) in [6.45, 7) is 3.23. The molecule has 0 saturated carbocycles. The van der Waals surface area contributed by atoms with E-state index in [2.05, 4.69) is 17.7 Å². The third-order valence-corrected chi connectivity index (χ3v) is 1.54. The van der Waals surface area contributed by atoms with Crippen molar-refractivity contribution in [3.8, 4) is 0 Å². The van der Waals surface area contributed by atoms with Crippen LogP contribution in [0.15, 0.2) is 0 Å². The smallest absolute Gasteiger partial charge is 0.227 e. The highest BCUT2D eigenvalue weighted by Crippen LogP contribution is 1.95. The minimum absolute atomic E-state index is 0.148. The Hall–Kier alpha value is -0.940. The first-order valence-corrected chi connectivity index (χ1v) is 4.79. The van der Waals surface area contributed by atoms with Crippen molar-refractivity contribution in [3.63, 3.8) is 0 Å². The van der Waals surface area contributed by atoms with Crippen molar-refractivity contribution in [1.82, 2.24) is 15.8 Å². The second-order valence-corrected chi connectivity index (χ2v) is 3.27. The second kappa shape index (κ2) is 7.46. The van der Waals surface area contributed by atoms with Gasteiger partial charge in [-0.15, -0.1) is 0 Å². The van der Waals surface area contributed by atoms with Crippen LogP contribution in [0, 0.1) is 0 Å². The van der Waals surface area contributed by atoms with E-state index >= 15 is 0 Å². The molecule has 1 aliphatic rings. The van der Waals surface area contributed by atoms with E-state index < -0.39 is 0 Å². The molecule has 2 amide bonds. The maximum Gasteiger partial charge on any atom is 0.227 e. The van der Waals surface area contributed by atoms with Gasteiger partial charge >= 0.3 is 0 Å². The van der Waals surface area contributed by atoms with Gasteiger partial charge in [0, 0.05) is 33.5 Å². The lowest BCUT2D eigenvalue weighted by molar-refractivity contribution is -0.124. The Bertz CT molecular complexity index is 178. The molecule has 2 N–H and O–H groups in total. The molecule has 14 heavy (non-hydrogen) atoms. The molecule has 0 aromatic heterocycles. The molecule has 5 nitrogen and oxygen atoms in total. The molecule has 0 radical (unpaired) electrons. The Morgan fingerprint density at radius 1 is 1.29 bits per heavy atom. The number of nitrogens with zero attached hydrogens (tertiary/aromatic N) is 1. The maximum atomic E-state index is 10.1. The number of carbonyl (C=O) groups excluding carboxylic acids is 2. The van der Waals surface area contributed by atoms with Crippen molar-refractivity contribution in [1.29, 1.82) is 0 Å². The quantitative estimate of drug-likeness (QED) is 0.494.